The average molecular weight is 871 g/mol. The molecule has 62 heavy (non-hydrogen) atoms. The fourth-order valence-electron chi connectivity index (χ4n) is 8.95. The molecule has 0 aliphatic carbocycles. The van der Waals surface area contributed by atoms with Crippen LogP contribution in [0.4, 0.5) is 4.79 Å². The van der Waals surface area contributed by atoms with Crippen LogP contribution in [0.2, 0.25) is 0 Å². The number of methoxy groups -OCH3 is 2. The number of amides is 4. The summed E-state index contributed by atoms with van der Waals surface area (Å²) in [4.78, 5) is 69.4. The van der Waals surface area contributed by atoms with Gasteiger partial charge in [0.15, 0.2) is 0 Å². The van der Waals surface area contributed by atoms with Crippen LogP contribution in [0.15, 0.2) is 41.9 Å². The molecule has 2 saturated heterocycles. The Labute approximate surface area is 368 Å². The highest BCUT2D eigenvalue weighted by molar-refractivity contribution is 7.10. The number of aromatic nitrogens is 3. The normalized spacial score (nSPS) is 21.9. The zero-order valence-corrected chi connectivity index (χ0v) is 38.5. The average Bonchev–Trinajstić information content (AvgIpc) is 3.83. The first-order valence-corrected chi connectivity index (χ1v) is 22.7. The van der Waals surface area contributed by atoms with Crippen molar-refractivity contribution in [1.82, 2.24) is 40.1 Å². The highest BCUT2D eigenvalue weighted by Gasteiger charge is 2.41. The van der Waals surface area contributed by atoms with Crippen LogP contribution in [0.1, 0.15) is 83.7 Å². The second-order valence-corrected chi connectivity index (χ2v) is 18.9. The number of hydrogen-bond acceptors (Lipinski definition) is 11. The first kappa shape index (κ1) is 45.1. The molecule has 7 rings (SSSR count). The molecule has 0 spiro atoms. The smallest absolute Gasteiger partial charge is 0.325 e. The molecule has 1 unspecified atom stereocenters. The number of urea groups is 1. The molecule has 2 N–H and O–H groups in total. The van der Waals surface area contributed by atoms with Gasteiger partial charge in [0.05, 0.1) is 47.4 Å². The Morgan fingerprint density at radius 3 is 2.60 bits per heavy atom. The maximum atomic E-state index is 14.6. The third-order valence-electron chi connectivity index (χ3n) is 13.0. The molecule has 5 atom stereocenters. The lowest BCUT2D eigenvalue weighted by atomic mass is 9.79. The molecule has 1 aromatic carbocycles. The van der Waals surface area contributed by atoms with Crippen molar-refractivity contribution in [3.63, 3.8) is 0 Å². The van der Waals surface area contributed by atoms with Crippen molar-refractivity contribution >= 4 is 46.1 Å². The summed E-state index contributed by atoms with van der Waals surface area (Å²) in [5, 5.41) is 8.16. The molecule has 0 radical (unpaired) electrons. The van der Waals surface area contributed by atoms with Gasteiger partial charge in [0.1, 0.15) is 24.2 Å². The number of hydrazine groups is 1. The van der Waals surface area contributed by atoms with Gasteiger partial charge in [-0.15, -0.1) is 11.3 Å². The van der Waals surface area contributed by atoms with Crippen molar-refractivity contribution in [1.29, 1.82) is 0 Å². The standard InChI is InChI=1S/C46H62N8O7S/c1-11-53-37-17-16-29-20-32(37)33(41(53)31-14-12-18-47-39(31)27(4)59-9)22-46(6,7)28(5)61-44(57)34-15-13-19-54(50-34)43(56)35(21-38-48-36(29)25-62-38)49-42(55)40(26(2)3)51(8)45(58)52-23-30(24-52)60-10/h12,14,16-18,20,25-28,30,34-35,40,50H,11,13,15,19,21-24H2,1-10H3,(H,49,55)/t27-,28+,34-,35-,40?/m0/s1. The van der Waals surface area contributed by atoms with Gasteiger partial charge in [-0.25, -0.2) is 15.2 Å². The van der Waals surface area contributed by atoms with E-state index in [9.17, 15) is 19.2 Å². The highest BCUT2D eigenvalue weighted by Crippen LogP contribution is 2.43. The van der Waals surface area contributed by atoms with Crippen LogP contribution < -0.4 is 10.7 Å². The molecule has 3 aromatic heterocycles. The Balaban J connectivity index is 1.30. The Hall–Kier alpha value is -4.90. The number of hydrogen-bond donors (Lipinski definition) is 2. The van der Waals surface area contributed by atoms with Gasteiger partial charge in [0.2, 0.25) is 5.91 Å². The lowest BCUT2D eigenvalue weighted by Gasteiger charge is -2.42. The zero-order valence-electron chi connectivity index (χ0n) is 37.7. The van der Waals surface area contributed by atoms with Gasteiger partial charge < -0.3 is 33.9 Å². The fraction of sp³-hybridized carbons (Fsp3) is 0.565. The van der Waals surface area contributed by atoms with Gasteiger partial charge in [0.25, 0.3) is 5.91 Å². The van der Waals surface area contributed by atoms with Gasteiger partial charge in [-0.3, -0.25) is 24.4 Å². The van der Waals surface area contributed by atoms with E-state index in [1.54, 1.807) is 32.4 Å². The number of carbonyl (C=O) groups excluding carboxylic acids is 4. The number of thiazole rings is 1. The van der Waals surface area contributed by atoms with Gasteiger partial charge in [0, 0.05) is 79.8 Å². The minimum absolute atomic E-state index is 0.0385. The molecule has 334 valence electrons. The molecule has 6 heterocycles. The van der Waals surface area contributed by atoms with Crippen molar-refractivity contribution in [2.24, 2.45) is 11.3 Å². The summed E-state index contributed by atoms with van der Waals surface area (Å²) in [6.45, 7) is 16.0. The molecule has 3 aliphatic heterocycles. The highest BCUT2D eigenvalue weighted by atomic mass is 32.1. The Bertz CT molecular complexity index is 2300. The van der Waals surface area contributed by atoms with Crippen LogP contribution in [0.5, 0.6) is 0 Å². The largest absolute Gasteiger partial charge is 0.461 e. The Morgan fingerprint density at radius 2 is 1.90 bits per heavy atom. The Morgan fingerprint density at radius 1 is 1.15 bits per heavy atom. The molecule has 15 nitrogen and oxygen atoms in total. The third-order valence-corrected chi connectivity index (χ3v) is 13.9. The number of nitrogens with one attached hydrogen (secondary N) is 2. The zero-order chi connectivity index (χ0) is 44.6. The summed E-state index contributed by atoms with van der Waals surface area (Å²) >= 11 is 1.42. The third kappa shape index (κ3) is 8.84. The van der Waals surface area contributed by atoms with Crippen LogP contribution in [-0.2, 0) is 48.0 Å². The lowest BCUT2D eigenvalue weighted by molar-refractivity contribution is -0.161. The molecule has 16 heteroatoms. The number of pyridine rings is 1. The quantitative estimate of drug-likeness (QED) is 0.191. The van der Waals surface area contributed by atoms with E-state index in [1.165, 1.54) is 21.2 Å². The fourth-order valence-corrected chi connectivity index (χ4v) is 9.80. The second-order valence-electron chi connectivity index (χ2n) is 17.9. The van der Waals surface area contributed by atoms with Crippen LogP contribution in [0, 0.1) is 11.3 Å². The molecular weight excluding hydrogens is 809 g/mol. The summed E-state index contributed by atoms with van der Waals surface area (Å²) in [5.74, 6) is -1.56. The van der Waals surface area contributed by atoms with Gasteiger partial charge >= 0.3 is 12.0 Å². The number of carbonyl (C=O) groups is 4. The molecule has 2 fully saturated rings. The van der Waals surface area contributed by atoms with Crippen LogP contribution in [-0.4, -0.2) is 124 Å². The Kier molecular flexibility index (Phi) is 13.4. The maximum Gasteiger partial charge on any atom is 0.325 e. The first-order valence-electron chi connectivity index (χ1n) is 21.8. The maximum absolute atomic E-state index is 14.6. The van der Waals surface area contributed by atoms with E-state index in [1.807, 2.05) is 39.1 Å². The summed E-state index contributed by atoms with van der Waals surface area (Å²) in [6, 6.07) is 7.48. The number of likely N-dealkylation sites (N-methyl/N-ethyl adjacent to an activating group) is 1. The minimum Gasteiger partial charge on any atom is -0.461 e. The molecule has 3 aliphatic rings. The number of esters is 1. The number of fused-ring (bicyclic) bond motifs is 6. The summed E-state index contributed by atoms with van der Waals surface area (Å²) in [7, 11) is 4.92. The van der Waals surface area contributed by atoms with Crippen molar-refractivity contribution in [3.05, 3.63) is 58.2 Å². The number of aryl methyl sites for hydroxylation is 1. The van der Waals surface area contributed by atoms with Gasteiger partial charge in [-0.05, 0) is 75.8 Å². The van der Waals surface area contributed by atoms with E-state index in [2.05, 4.69) is 60.3 Å². The first-order chi connectivity index (χ1) is 29.6. The van der Waals surface area contributed by atoms with Gasteiger partial charge in [-0.1, -0.05) is 33.8 Å². The molecule has 4 amide bonds. The number of rotatable bonds is 9. The number of likely N-dealkylation sites (tertiary alicyclic amines) is 1. The molecule has 4 aromatic rings. The van der Waals surface area contributed by atoms with E-state index < -0.39 is 47.4 Å². The topological polar surface area (TPSA) is 160 Å². The van der Waals surface area contributed by atoms with Crippen molar-refractivity contribution in [3.8, 4) is 22.5 Å². The van der Waals surface area contributed by atoms with Crippen LogP contribution in [0.3, 0.4) is 0 Å². The molecule has 0 saturated carbocycles. The van der Waals surface area contributed by atoms with Crippen LogP contribution >= 0.6 is 11.3 Å². The molecule has 6 bridgehead atoms. The van der Waals surface area contributed by atoms with Crippen molar-refractivity contribution < 1.29 is 33.4 Å². The second kappa shape index (κ2) is 18.4. The monoisotopic (exact) mass is 870 g/mol. The van der Waals surface area contributed by atoms with E-state index in [0.29, 0.717) is 50.4 Å². The van der Waals surface area contributed by atoms with Crippen molar-refractivity contribution in [2.75, 3.05) is 40.9 Å². The summed E-state index contributed by atoms with van der Waals surface area (Å²) < 4.78 is 19.8. The number of cyclic esters (lactones) is 1. The van der Waals surface area contributed by atoms with Gasteiger partial charge in [-0.2, -0.15) is 0 Å². The minimum atomic E-state index is -1.05. The summed E-state index contributed by atoms with van der Waals surface area (Å²) in [6.07, 6.45) is 2.70. The van der Waals surface area contributed by atoms with E-state index in [-0.39, 0.29) is 30.6 Å². The van der Waals surface area contributed by atoms with E-state index in [0.717, 1.165) is 44.7 Å². The predicted octanol–water partition coefficient (Wildman–Crippen LogP) is 6.00. The van der Waals surface area contributed by atoms with E-state index >= 15 is 0 Å². The lowest BCUT2D eigenvalue weighted by Crippen LogP contribution is -2.64. The van der Waals surface area contributed by atoms with E-state index in [4.69, 9.17) is 24.2 Å². The number of ether oxygens (including phenoxy) is 3. The SMILES string of the molecule is CCn1c(-c2cccnc2[C@H](C)OC)c2c3cc(ccc31)-c1csc(n1)C[C@H](NC(=O)C(C(C)C)N(C)C(=O)N1CC(OC)C1)C(=O)N1CCC[C@H](N1)C(=O)O[C@H](C)C(C)(C)C2. The predicted molar refractivity (Wildman–Crippen MR) is 238 cm³/mol. The number of nitrogens with zero attached hydrogens (tertiary/aromatic N) is 6. The number of benzene rings is 1. The summed E-state index contributed by atoms with van der Waals surface area (Å²) in [5.41, 5.74) is 9.32. The molecular formula is C46H62N8O7S. The van der Waals surface area contributed by atoms with Crippen LogP contribution in [0.25, 0.3) is 33.4 Å². The van der Waals surface area contributed by atoms with Crippen molar-refractivity contribution in [2.45, 2.75) is 117 Å².